The van der Waals surface area contributed by atoms with Crippen molar-refractivity contribution in [3.8, 4) is 11.3 Å². The second-order valence-corrected chi connectivity index (χ2v) is 6.88. The predicted molar refractivity (Wildman–Crippen MR) is 102 cm³/mol. The molecule has 3 aromatic rings. The van der Waals surface area contributed by atoms with E-state index >= 15 is 0 Å². The monoisotopic (exact) mass is 380 g/mol. The Kier molecular flexibility index (Phi) is 5.48. The maximum Gasteiger partial charge on any atom is 0.254 e. The number of halogens is 1. The van der Waals surface area contributed by atoms with E-state index in [1.807, 2.05) is 18.2 Å². The van der Waals surface area contributed by atoms with Crippen molar-refractivity contribution >= 4 is 5.91 Å². The third-order valence-corrected chi connectivity index (χ3v) is 4.80. The summed E-state index contributed by atoms with van der Waals surface area (Å²) in [4.78, 5) is 14.8. The van der Waals surface area contributed by atoms with E-state index in [1.165, 1.54) is 12.1 Å². The van der Waals surface area contributed by atoms with Gasteiger partial charge in [0.15, 0.2) is 5.76 Å². The maximum atomic E-state index is 13.1. The molecule has 2 heterocycles. The lowest BCUT2D eigenvalue weighted by Crippen LogP contribution is -2.37. The van der Waals surface area contributed by atoms with Gasteiger partial charge in [-0.15, -0.1) is 0 Å². The van der Waals surface area contributed by atoms with E-state index in [2.05, 4.69) is 5.16 Å². The van der Waals surface area contributed by atoms with Crippen molar-refractivity contribution in [1.29, 1.82) is 0 Å². The van der Waals surface area contributed by atoms with E-state index in [4.69, 9.17) is 9.26 Å². The van der Waals surface area contributed by atoms with Crippen LogP contribution in [0.4, 0.5) is 4.39 Å². The highest BCUT2D eigenvalue weighted by atomic mass is 19.1. The van der Waals surface area contributed by atoms with Crippen LogP contribution in [0.5, 0.6) is 0 Å². The lowest BCUT2D eigenvalue weighted by molar-refractivity contribution is 0.0502. The highest BCUT2D eigenvalue weighted by molar-refractivity contribution is 5.94. The van der Waals surface area contributed by atoms with Gasteiger partial charge in [0.05, 0.1) is 12.6 Å². The van der Waals surface area contributed by atoms with Gasteiger partial charge < -0.3 is 14.2 Å². The third kappa shape index (κ3) is 4.28. The smallest absolute Gasteiger partial charge is 0.254 e. The van der Waals surface area contributed by atoms with E-state index < -0.39 is 0 Å². The summed E-state index contributed by atoms with van der Waals surface area (Å²) >= 11 is 0. The molecule has 28 heavy (non-hydrogen) atoms. The van der Waals surface area contributed by atoms with Crippen LogP contribution in [0.15, 0.2) is 65.2 Å². The second-order valence-electron chi connectivity index (χ2n) is 6.88. The van der Waals surface area contributed by atoms with Crippen molar-refractivity contribution in [2.45, 2.75) is 25.5 Å². The third-order valence-electron chi connectivity index (χ3n) is 4.80. The molecule has 6 heteroatoms. The molecule has 1 atom stereocenters. The molecule has 1 amide bonds. The van der Waals surface area contributed by atoms with E-state index in [0.717, 1.165) is 25.0 Å². The minimum Gasteiger partial charge on any atom is -0.376 e. The summed E-state index contributed by atoms with van der Waals surface area (Å²) in [6.07, 6.45) is 1.99. The highest BCUT2D eigenvalue weighted by Gasteiger charge is 2.24. The first kappa shape index (κ1) is 18.4. The standard InChI is InChI=1S/C22H21FN2O3/c23-18-10-8-16(9-11-18)21-13-19(24-28-21)14-25(15-20-7-4-12-27-20)22(26)17-5-2-1-3-6-17/h1-3,5-6,8-11,13,20H,4,7,12,14-15H2. The Morgan fingerprint density at radius 2 is 1.93 bits per heavy atom. The van der Waals surface area contributed by atoms with Gasteiger partial charge in [-0.3, -0.25) is 4.79 Å². The number of hydrogen-bond acceptors (Lipinski definition) is 4. The fraction of sp³-hybridized carbons (Fsp3) is 0.273. The zero-order chi connectivity index (χ0) is 19.3. The zero-order valence-electron chi connectivity index (χ0n) is 15.4. The van der Waals surface area contributed by atoms with Gasteiger partial charge in [0, 0.05) is 30.3 Å². The van der Waals surface area contributed by atoms with Crippen molar-refractivity contribution in [2.75, 3.05) is 13.2 Å². The Bertz CT molecular complexity index is 918. The van der Waals surface area contributed by atoms with Gasteiger partial charge >= 0.3 is 0 Å². The van der Waals surface area contributed by atoms with Crippen molar-refractivity contribution in [1.82, 2.24) is 10.1 Å². The van der Waals surface area contributed by atoms with Crippen molar-refractivity contribution < 1.29 is 18.4 Å². The predicted octanol–water partition coefficient (Wildman–Crippen LogP) is 4.30. The summed E-state index contributed by atoms with van der Waals surface area (Å²) in [6, 6.07) is 17.0. The molecule has 0 N–H and O–H groups in total. The van der Waals surface area contributed by atoms with Crippen LogP contribution in [0.25, 0.3) is 11.3 Å². The van der Waals surface area contributed by atoms with Gasteiger partial charge in [-0.2, -0.15) is 0 Å². The average molecular weight is 380 g/mol. The topological polar surface area (TPSA) is 55.6 Å². The van der Waals surface area contributed by atoms with Crippen LogP contribution in [0.3, 0.4) is 0 Å². The minimum absolute atomic E-state index is 0.0381. The number of carbonyl (C=O) groups excluding carboxylic acids is 1. The van der Waals surface area contributed by atoms with Crippen LogP contribution in [0.1, 0.15) is 28.9 Å². The fourth-order valence-electron chi connectivity index (χ4n) is 3.35. The minimum atomic E-state index is -0.306. The molecule has 1 saturated heterocycles. The first-order chi connectivity index (χ1) is 13.7. The van der Waals surface area contributed by atoms with Crippen molar-refractivity contribution in [2.24, 2.45) is 0 Å². The summed E-state index contributed by atoms with van der Waals surface area (Å²) in [5, 5.41) is 4.10. The molecule has 1 aromatic heterocycles. The number of carbonyl (C=O) groups is 1. The highest BCUT2D eigenvalue weighted by Crippen LogP contribution is 2.22. The molecule has 0 saturated carbocycles. The van der Waals surface area contributed by atoms with Gasteiger partial charge in [-0.25, -0.2) is 4.39 Å². The zero-order valence-corrected chi connectivity index (χ0v) is 15.4. The van der Waals surface area contributed by atoms with Crippen LogP contribution < -0.4 is 0 Å². The van der Waals surface area contributed by atoms with Gasteiger partial charge in [-0.1, -0.05) is 23.4 Å². The first-order valence-corrected chi connectivity index (χ1v) is 9.36. The lowest BCUT2D eigenvalue weighted by atomic mass is 10.1. The molecule has 1 unspecified atom stereocenters. The Morgan fingerprint density at radius 1 is 1.14 bits per heavy atom. The molecule has 1 fully saturated rings. The van der Waals surface area contributed by atoms with E-state index in [1.54, 1.807) is 35.2 Å². The molecule has 4 rings (SSSR count). The molecule has 144 valence electrons. The largest absolute Gasteiger partial charge is 0.376 e. The molecule has 2 aromatic carbocycles. The van der Waals surface area contributed by atoms with E-state index in [-0.39, 0.29) is 17.8 Å². The van der Waals surface area contributed by atoms with Gasteiger partial charge in [-0.05, 0) is 49.2 Å². The molecule has 0 radical (unpaired) electrons. The Balaban J connectivity index is 1.53. The summed E-state index contributed by atoms with van der Waals surface area (Å²) in [6.45, 7) is 1.56. The second kappa shape index (κ2) is 8.35. The lowest BCUT2D eigenvalue weighted by Gasteiger charge is -2.24. The van der Waals surface area contributed by atoms with Crippen molar-refractivity contribution in [3.05, 3.63) is 77.7 Å². The number of aromatic nitrogens is 1. The molecular weight excluding hydrogens is 359 g/mol. The molecule has 0 bridgehead atoms. The summed E-state index contributed by atoms with van der Waals surface area (Å²) < 4.78 is 24.2. The molecular formula is C22H21FN2O3. The van der Waals surface area contributed by atoms with E-state index in [9.17, 15) is 9.18 Å². The molecule has 1 aliphatic heterocycles. The van der Waals surface area contributed by atoms with Crippen molar-refractivity contribution in [3.63, 3.8) is 0 Å². The van der Waals surface area contributed by atoms with Gasteiger partial charge in [0.25, 0.3) is 5.91 Å². The molecule has 0 aliphatic carbocycles. The number of rotatable bonds is 6. The average Bonchev–Trinajstić information content (AvgIpc) is 3.40. The van der Waals surface area contributed by atoms with Gasteiger partial charge in [0.1, 0.15) is 11.5 Å². The van der Waals surface area contributed by atoms with E-state index in [0.29, 0.717) is 30.1 Å². The van der Waals surface area contributed by atoms with Crippen LogP contribution >= 0.6 is 0 Å². The fourth-order valence-corrected chi connectivity index (χ4v) is 3.35. The van der Waals surface area contributed by atoms with Crippen LogP contribution in [-0.4, -0.2) is 35.2 Å². The Hall–Kier alpha value is -2.99. The first-order valence-electron chi connectivity index (χ1n) is 9.36. The summed E-state index contributed by atoms with van der Waals surface area (Å²) in [5.74, 6) is 0.168. The summed E-state index contributed by atoms with van der Waals surface area (Å²) in [7, 11) is 0. The summed E-state index contributed by atoms with van der Waals surface area (Å²) in [5.41, 5.74) is 2.00. The molecule has 5 nitrogen and oxygen atoms in total. The van der Waals surface area contributed by atoms with Crippen LogP contribution in [0.2, 0.25) is 0 Å². The number of nitrogens with zero attached hydrogens (tertiary/aromatic N) is 2. The number of amides is 1. The number of ether oxygens (including phenoxy) is 1. The normalized spacial score (nSPS) is 16.2. The van der Waals surface area contributed by atoms with Gasteiger partial charge in [0.2, 0.25) is 0 Å². The van der Waals surface area contributed by atoms with Crippen LogP contribution in [0, 0.1) is 5.82 Å². The Labute approximate surface area is 162 Å². The molecule has 0 spiro atoms. The number of hydrogen-bond donors (Lipinski definition) is 0. The SMILES string of the molecule is O=C(c1ccccc1)N(Cc1cc(-c2ccc(F)cc2)on1)CC1CCCO1. The quantitative estimate of drug-likeness (QED) is 0.640. The Morgan fingerprint density at radius 3 is 2.64 bits per heavy atom. The molecule has 1 aliphatic rings. The number of benzene rings is 2. The maximum absolute atomic E-state index is 13.1. The van der Waals surface area contributed by atoms with Crippen LogP contribution in [-0.2, 0) is 11.3 Å².